The molecule has 0 unspecified atom stereocenters. The molecule has 3 rings (SSSR count). The molecule has 2 aromatic carbocycles. The van der Waals surface area contributed by atoms with E-state index in [-0.39, 0.29) is 0 Å². The van der Waals surface area contributed by atoms with Crippen LogP contribution in [-0.2, 0) is 0 Å². The Hall–Kier alpha value is -2.54. The lowest BCUT2D eigenvalue weighted by atomic mass is 10.0. The smallest absolute Gasteiger partial charge is 0.135 e. The normalized spacial score (nSPS) is 12.6. The Kier molecular flexibility index (Phi) is 3.72. The van der Waals surface area contributed by atoms with Crippen molar-refractivity contribution in [1.29, 1.82) is 0 Å². The summed E-state index contributed by atoms with van der Waals surface area (Å²) < 4.78 is 5.91. The van der Waals surface area contributed by atoms with E-state index >= 15 is 0 Å². The van der Waals surface area contributed by atoms with Crippen molar-refractivity contribution in [2.45, 2.75) is 20.8 Å². The van der Waals surface area contributed by atoms with Crippen LogP contribution in [0.3, 0.4) is 0 Å². The molecule has 0 fully saturated rings. The fourth-order valence-corrected chi connectivity index (χ4v) is 2.59. The van der Waals surface area contributed by atoms with Crippen LogP contribution in [0.4, 0.5) is 0 Å². The lowest BCUT2D eigenvalue weighted by Gasteiger charge is -2.01. The molecule has 1 nitrogen and oxygen atoms in total. The summed E-state index contributed by atoms with van der Waals surface area (Å²) in [4.78, 5) is 0. The largest absolute Gasteiger partial charge is 0.456 e. The number of furan rings is 1. The van der Waals surface area contributed by atoms with Crippen LogP contribution in [0, 0.1) is 6.92 Å². The van der Waals surface area contributed by atoms with Gasteiger partial charge >= 0.3 is 0 Å². The Morgan fingerprint density at radius 3 is 2.41 bits per heavy atom. The lowest BCUT2D eigenvalue weighted by Crippen LogP contribution is -1.79. The summed E-state index contributed by atoms with van der Waals surface area (Å²) in [7, 11) is 0. The molecule has 3 aromatic rings. The molecule has 0 aliphatic heterocycles. The second-order valence-electron chi connectivity index (χ2n) is 5.87. The second kappa shape index (κ2) is 5.69. The standard InChI is InChI=1S/C21H20O/c1-14(2)6-5-7-16(4)17-9-11-21-19(13-17)18-12-15(3)8-10-20(18)22-21/h5-13H,1H2,2-4H3/b6-5-,16-7+. The predicted molar refractivity (Wildman–Crippen MR) is 96.1 cm³/mol. The quantitative estimate of drug-likeness (QED) is 0.506. The zero-order chi connectivity index (χ0) is 15.7. The highest BCUT2D eigenvalue weighted by Crippen LogP contribution is 2.31. The van der Waals surface area contributed by atoms with Crippen molar-refractivity contribution in [1.82, 2.24) is 0 Å². The van der Waals surface area contributed by atoms with E-state index in [4.69, 9.17) is 4.42 Å². The van der Waals surface area contributed by atoms with E-state index in [1.807, 2.05) is 25.1 Å². The summed E-state index contributed by atoms with van der Waals surface area (Å²) in [5.41, 5.74) is 6.62. The first-order valence-corrected chi connectivity index (χ1v) is 7.48. The SMILES string of the molecule is C=C(C)/C=C\C=C(/C)c1ccc2oc3ccc(C)cc3c2c1. The summed E-state index contributed by atoms with van der Waals surface area (Å²) in [5.74, 6) is 0. The van der Waals surface area contributed by atoms with Crippen molar-refractivity contribution in [2.75, 3.05) is 0 Å². The van der Waals surface area contributed by atoms with Crippen LogP contribution >= 0.6 is 0 Å². The van der Waals surface area contributed by atoms with Gasteiger partial charge in [0.25, 0.3) is 0 Å². The van der Waals surface area contributed by atoms with Crippen LogP contribution in [0.2, 0.25) is 0 Å². The highest BCUT2D eigenvalue weighted by atomic mass is 16.3. The number of allylic oxidation sites excluding steroid dienone is 5. The molecule has 0 radical (unpaired) electrons. The first-order chi connectivity index (χ1) is 10.5. The molecule has 0 saturated heterocycles. The van der Waals surface area contributed by atoms with Crippen molar-refractivity contribution < 1.29 is 4.42 Å². The average Bonchev–Trinajstić information content (AvgIpc) is 2.84. The van der Waals surface area contributed by atoms with Gasteiger partial charge < -0.3 is 4.42 Å². The van der Waals surface area contributed by atoms with Crippen LogP contribution in [0.1, 0.15) is 25.0 Å². The van der Waals surface area contributed by atoms with Gasteiger partial charge in [0.05, 0.1) is 0 Å². The third kappa shape index (κ3) is 2.75. The Labute approximate surface area is 131 Å². The predicted octanol–water partition coefficient (Wildman–Crippen LogP) is 6.43. The highest BCUT2D eigenvalue weighted by molar-refractivity contribution is 6.06. The van der Waals surface area contributed by atoms with E-state index in [1.54, 1.807) is 0 Å². The van der Waals surface area contributed by atoms with Crippen molar-refractivity contribution in [3.05, 3.63) is 77.9 Å². The Morgan fingerprint density at radius 2 is 1.68 bits per heavy atom. The maximum Gasteiger partial charge on any atom is 0.135 e. The van der Waals surface area contributed by atoms with Gasteiger partial charge in [-0.2, -0.15) is 0 Å². The molecule has 0 saturated carbocycles. The van der Waals surface area contributed by atoms with E-state index in [0.717, 1.165) is 16.7 Å². The van der Waals surface area contributed by atoms with Gasteiger partial charge in [0.1, 0.15) is 11.2 Å². The van der Waals surface area contributed by atoms with E-state index < -0.39 is 0 Å². The maximum atomic E-state index is 5.91. The van der Waals surface area contributed by atoms with Gasteiger partial charge in [0, 0.05) is 10.8 Å². The monoisotopic (exact) mass is 288 g/mol. The summed E-state index contributed by atoms with van der Waals surface area (Å²) in [6.45, 7) is 10.1. The molecule has 1 aromatic heterocycles. The molecule has 0 aliphatic rings. The van der Waals surface area contributed by atoms with Crippen LogP contribution in [0.15, 0.2) is 71.2 Å². The van der Waals surface area contributed by atoms with Gasteiger partial charge in [0.2, 0.25) is 0 Å². The summed E-state index contributed by atoms with van der Waals surface area (Å²) in [5, 5.41) is 2.36. The molecule has 0 spiro atoms. The van der Waals surface area contributed by atoms with Gasteiger partial charge in [-0.05, 0) is 56.2 Å². The maximum absolute atomic E-state index is 5.91. The van der Waals surface area contributed by atoms with Crippen LogP contribution in [0.25, 0.3) is 27.5 Å². The zero-order valence-corrected chi connectivity index (χ0v) is 13.3. The molecule has 0 bridgehead atoms. The molecular formula is C21H20O. The number of hydrogen-bond acceptors (Lipinski definition) is 1. The van der Waals surface area contributed by atoms with Crippen molar-refractivity contribution in [2.24, 2.45) is 0 Å². The minimum atomic E-state index is 0.939. The van der Waals surface area contributed by atoms with E-state index in [2.05, 4.69) is 56.8 Å². The first-order valence-electron chi connectivity index (χ1n) is 7.48. The Balaban J connectivity index is 2.10. The Bertz CT molecular complexity index is 920. The third-order valence-electron chi connectivity index (χ3n) is 3.81. The van der Waals surface area contributed by atoms with E-state index in [9.17, 15) is 0 Å². The fraction of sp³-hybridized carbons (Fsp3) is 0.143. The van der Waals surface area contributed by atoms with Crippen molar-refractivity contribution in [3.63, 3.8) is 0 Å². The molecular weight excluding hydrogens is 268 g/mol. The second-order valence-corrected chi connectivity index (χ2v) is 5.87. The number of aryl methyl sites for hydroxylation is 1. The minimum Gasteiger partial charge on any atom is -0.456 e. The topological polar surface area (TPSA) is 13.1 Å². The Morgan fingerprint density at radius 1 is 1.00 bits per heavy atom. The molecule has 0 atom stereocenters. The highest BCUT2D eigenvalue weighted by Gasteiger charge is 2.08. The first kappa shape index (κ1) is 14.4. The molecule has 110 valence electrons. The van der Waals surface area contributed by atoms with Gasteiger partial charge in [-0.3, -0.25) is 0 Å². The number of rotatable bonds is 3. The molecule has 22 heavy (non-hydrogen) atoms. The number of hydrogen-bond donors (Lipinski definition) is 0. The molecule has 1 heterocycles. The van der Waals surface area contributed by atoms with Crippen LogP contribution < -0.4 is 0 Å². The third-order valence-corrected chi connectivity index (χ3v) is 3.81. The van der Waals surface area contributed by atoms with Gasteiger partial charge in [-0.25, -0.2) is 0 Å². The van der Waals surface area contributed by atoms with Crippen LogP contribution in [-0.4, -0.2) is 0 Å². The van der Waals surface area contributed by atoms with E-state index in [0.29, 0.717) is 0 Å². The number of fused-ring (bicyclic) bond motifs is 3. The van der Waals surface area contributed by atoms with Gasteiger partial charge in [-0.15, -0.1) is 0 Å². The minimum absolute atomic E-state index is 0.939. The van der Waals surface area contributed by atoms with Gasteiger partial charge in [-0.1, -0.05) is 48.1 Å². The lowest BCUT2D eigenvalue weighted by molar-refractivity contribution is 0.669. The zero-order valence-electron chi connectivity index (χ0n) is 13.3. The van der Waals surface area contributed by atoms with Crippen molar-refractivity contribution >= 4 is 27.5 Å². The van der Waals surface area contributed by atoms with Crippen molar-refractivity contribution in [3.8, 4) is 0 Å². The van der Waals surface area contributed by atoms with E-state index in [1.165, 1.54) is 27.5 Å². The molecule has 0 aliphatic carbocycles. The fourth-order valence-electron chi connectivity index (χ4n) is 2.59. The molecule has 1 heteroatoms. The molecule has 0 amide bonds. The van der Waals surface area contributed by atoms with Gasteiger partial charge in [0.15, 0.2) is 0 Å². The summed E-state index contributed by atoms with van der Waals surface area (Å²) in [6, 6.07) is 12.7. The molecule has 0 N–H and O–H groups in total. The average molecular weight is 288 g/mol. The summed E-state index contributed by atoms with van der Waals surface area (Å²) >= 11 is 0. The summed E-state index contributed by atoms with van der Waals surface area (Å²) in [6.07, 6.45) is 6.17. The number of benzene rings is 2. The van der Waals surface area contributed by atoms with Crippen LogP contribution in [0.5, 0.6) is 0 Å².